The lowest BCUT2D eigenvalue weighted by Crippen LogP contribution is -2.51. The smallest absolute Gasteiger partial charge is 0.260 e. The Morgan fingerprint density at radius 3 is 2.42 bits per heavy atom. The number of ether oxygens (including phenoxy) is 1. The van der Waals surface area contributed by atoms with Crippen molar-refractivity contribution in [2.24, 2.45) is 5.73 Å². The van der Waals surface area contributed by atoms with Crippen LogP contribution in [0.15, 0.2) is 18.2 Å². The van der Waals surface area contributed by atoms with Crippen molar-refractivity contribution in [3.8, 4) is 5.75 Å². The number of rotatable bonds is 5. The number of carbonyl (C=O) groups excluding carboxylic acids is 2. The quantitative estimate of drug-likeness (QED) is 0.774. The van der Waals surface area contributed by atoms with E-state index in [4.69, 9.17) is 22.1 Å². The monoisotopic (exact) mass is 375 g/mol. The lowest BCUT2D eigenvalue weighted by atomic mass is 10.2. The highest BCUT2D eigenvalue weighted by molar-refractivity contribution is 7.88. The van der Waals surface area contributed by atoms with Gasteiger partial charge in [0.2, 0.25) is 10.0 Å². The number of halogens is 1. The number of primary amides is 1. The molecule has 1 saturated heterocycles. The van der Waals surface area contributed by atoms with Gasteiger partial charge in [-0.3, -0.25) is 9.59 Å². The number of benzene rings is 1. The molecular formula is C14H18ClN3O5S. The van der Waals surface area contributed by atoms with E-state index in [1.54, 1.807) is 0 Å². The molecule has 0 bridgehead atoms. The first-order chi connectivity index (χ1) is 11.2. The molecule has 2 amide bonds. The van der Waals surface area contributed by atoms with E-state index in [9.17, 15) is 18.0 Å². The zero-order valence-corrected chi connectivity index (χ0v) is 14.6. The summed E-state index contributed by atoms with van der Waals surface area (Å²) in [5.74, 6) is -0.828. The first-order valence-corrected chi connectivity index (χ1v) is 9.36. The van der Waals surface area contributed by atoms with Crippen molar-refractivity contribution in [2.45, 2.75) is 0 Å². The van der Waals surface area contributed by atoms with E-state index < -0.39 is 15.9 Å². The lowest BCUT2D eigenvalue weighted by molar-refractivity contribution is -0.134. The summed E-state index contributed by atoms with van der Waals surface area (Å²) >= 11 is 5.80. The number of sulfonamides is 1. The van der Waals surface area contributed by atoms with E-state index in [-0.39, 0.29) is 36.9 Å². The van der Waals surface area contributed by atoms with Gasteiger partial charge in [0.15, 0.2) is 6.61 Å². The van der Waals surface area contributed by atoms with Crippen molar-refractivity contribution >= 4 is 33.4 Å². The molecule has 0 spiro atoms. The Bertz CT molecular complexity index is 745. The molecule has 24 heavy (non-hydrogen) atoms. The van der Waals surface area contributed by atoms with Crippen molar-refractivity contribution in [2.75, 3.05) is 39.0 Å². The predicted molar refractivity (Wildman–Crippen MR) is 88.5 cm³/mol. The van der Waals surface area contributed by atoms with Crippen LogP contribution in [0, 0.1) is 0 Å². The zero-order valence-electron chi connectivity index (χ0n) is 13.1. The van der Waals surface area contributed by atoms with Crippen LogP contribution in [-0.2, 0) is 14.8 Å². The molecule has 0 radical (unpaired) electrons. The molecule has 0 atom stereocenters. The molecular weight excluding hydrogens is 358 g/mol. The number of nitrogens with zero attached hydrogens (tertiary/aromatic N) is 2. The first-order valence-electron chi connectivity index (χ1n) is 7.13. The topological polar surface area (TPSA) is 110 Å². The molecule has 1 aliphatic rings. The van der Waals surface area contributed by atoms with Crippen molar-refractivity contribution in [3.63, 3.8) is 0 Å². The van der Waals surface area contributed by atoms with Crippen LogP contribution in [0.4, 0.5) is 0 Å². The summed E-state index contributed by atoms with van der Waals surface area (Å²) in [5, 5.41) is 0.333. The fourth-order valence-corrected chi connectivity index (χ4v) is 3.32. The minimum atomic E-state index is -3.25. The third kappa shape index (κ3) is 4.59. The highest BCUT2D eigenvalue weighted by Gasteiger charge is 2.26. The van der Waals surface area contributed by atoms with Gasteiger partial charge in [-0.25, -0.2) is 8.42 Å². The average Bonchev–Trinajstić information content (AvgIpc) is 2.52. The predicted octanol–water partition coefficient (Wildman–Crippen LogP) is -0.0785. The van der Waals surface area contributed by atoms with Crippen LogP contribution in [0.3, 0.4) is 0 Å². The van der Waals surface area contributed by atoms with Crippen LogP contribution in [0.25, 0.3) is 0 Å². The van der Waals surface area contributed by atoms with Gasteiger partial charge >= 0.3 is 0 Å². The molecule has 0 unspecified atom stereocenters. The van der Waals surface area contributed by atoms with Gasteiger partial charge in [0.25, 0.3) is 11.8 Å². The van der Waals surface area contributed by atoms with Gasteiger partial charge in [0, 0.05) is 31.2 Å². The van der Waals surface area contributed by atoms with Gasteiger partial charge in [-0.15, -0.1) is 0 Å². The SMILES string of the molecule is CS(=O)(=O)N1CCN(C(=O)COc2ccc(Cl)cc2C(N)=O)CC1. The summed E-state index contributed by atoms with van der Waals surface area (Å²) < 4.78 is 29.6. The number of hydrogen-bond donors (Lipinski definition) is 1. The second-order valence-corrected chi connectivity index (χ2v) is 7.76. The standard InChI is InChI=1S/C14H18ClN3O5S/c1-24(21,22)18-6-4-17(5-7-18)13(19)9-23-12-3-2-10(15)8-11(12)14(16)20/h2-3,8H,4-7,9H2,1H3,(H2,16,20). The molecule has 1 aromatic carbocycles. The Morgan fingerprint density at radius 1 is 1.25 bits per heavy atom. The van der Waals surface area contributed by atoms with Gasteiger partial charge in [-0.2, -0.15) is 4.31 Å². The van der Waals surface area contributed by atoms with Crippen LogP contribution < -0.4 is 10.5 Å². The number of amides is 2. The third-order valence-corrected chi connectivity index (χ3v) is 5.16. The van der Waals surface area contributed by atoms with Crippen molar-refractivity contribution in [1.29, 1.82) is 0 Å². The van der Waals surface area contributed by atoms with Crippen LogP contribution in [0.5, 0.6) is 5.75 Å². The summed E-state index contributed by atoms with van der Waals surface area (Å²) in [6, 6.07) is 4.37. The molecule has 1 heterocycles. The average molecular weight is 376 g/mol. The molecule has 1 aromatic rings. The van der Waals surface area contributed by atoms with E-state index in [0.717, 1.165) is 6.26 Å². The van der Waals surface area contributed by atoms with Crippen LogP contribution >= 0.6 is 11.6 Å². The molecule has 2 N–H and O–H groups in total. The van der Waals surface area contributed by atoms with E-state index in [1.165, 1.54) is 27.4 Å². The Morgan fingerprint density at radius 2 is 1.88 bits per heavy atom. The minimum absolute atomic E-state index is 0.0946. The van der Waals surface area contributed by atoms with Crippen LogP contribution in [0.1, 0.15) is 10.4 Å². The Kier molecular flexibility index (Phi) is 5.68. The Labute approximate surface area is 145 Å². The van der Waals surface area contributed by atoms with Gasteiger partial charge < -0.3 is 15.4 Å². The van der Waals surface area contributed by atoms with Gasteiger partial charge in [-0.1, -0.05) is 11.6 Å². The van der Waals surface area contributed by atoms with Crippen LogP contribution in [0.2, 0.25) is 5.02 Å². The van der Waals surface area contributed by atoms with E-state index in [2.05, 4.69) is 0 Å². The molecule has 8 nitrogen and oxygen atoms in total. The second-order valence-electron chi connectivity index (χ2n) is 5.34. The maximum Gasteiger partial charge on any atom is 0.260 e. The fourth-order valence-electron chi connectivity index (χ4n) is 2.32. The molecule has 1 aliphatic heterocycles. The summed E-state index contributed by atoms with van der Waals surface area (Å²) in [4.78, 5) is 25.1. The van der Waals surface area contributed by atoms with Crippen molar-refractivity contribution < 1.29 is 22.7 Å². The molecule has 2 rings (SSSR count). The molecule has 0 aliphatic carbocycles. The lowest BCUT2D eigenvalue weighted by Gasteiger charge is -2.33. The summed E-state index contributed by atoms with van der Waals surface area (Å²) in [7, 11) is -3.25. The number of nitrogens with two attached hydrogens (primary N) is 1. The largest absolute Gasteiger partial charge is 0.483 e. The zero-order chi connectivity index (χ0) is 17.9. The number of hydrogen-bond acceptors (Lipinski definition) is 5. The van der Waals surface area contributed by atoms with Gasteiger partial charge in [0.1, 0.15) is 5.75 Å². The summed E-state index contributed by atoms with van der Waals surface area (Å²) in [6.07, 6.45) is 1.14. The first kappa shape index (κ1) is 18.5. The van der Waals surface area contributed by atoms with E-state index >= 15 is 0 Å². The highest BCUT2D eigenvalue weighted by Crippen LogP contribution is 2.22. The summed E-state index contributed by atoms with van der Waals surface area (Å²) in [6.45, 7) is 0.800. The fraction of sp³-hybridized carbons (Fsp3) is 0.429. The molecule has 0 saturated carbocycles. The molecule has 1 fully saturated rings. The highest BCUT2D eigenvalue weighted by atomic mass is 35.5. The second kappa shape index (κ2) is 7.37. The van der Waals surface area contributed by atoms with E-state index in [0.29, 0.717) is 18.1 Å². The maximum atomic E-state index is 12.2. The molecule has 0 aromatic heterocycles. The summed E-state index contributed by atoms with van der Waals surface area (Å²) in [5.41, 5.74) is 5.35. The Hall–Kier alpha value is -1.84. The Balaban J connectivity index is 1.94. The van der Waals surface area contributed by atoms with Crippen molar-refractivity contribution in [3.05, 3.63) is 28.8 Å². The number of piperazine rings is 1. The minimum Gasteiger partial charge on any atom is -0.483 e. The molecule has 10 heteroatoms. The van der Waals surface area contributed by atoms with Crippen LogP contribution in [-0.4, -0.2) is 68.5 Å². The number of carbonyl (C=O) groups is 2. The van der Waals surface area contributed by atoms with Gasteiger partial charge in [-0.05, 0) is 18.2 Å². The normalized spacial score (nSPS) is 16.0. The third-order valence-electron chi connectivity index (χ3n) is 3.62. The maximum absolute atomic E-state index is 12.2. The molecule has 132 valence electrons. The van der Waals surface area contributed by atoms with E-state index in [1.807, 2.05) is 0 Å². The van der Waals surface area contributed by atoms with Gasteiger partial charge in [0.05, 0.1) is 11.8 Å². The van der Waals surface area contributed by atoms with Crippen molar-refractivity contribution in [1.82, 2.24) is 9.21 Å².